The molecule has 0 aliphatic heterocycles. The molecule has 0 saturated carbocycles. The molecular formula is C20H15ClN2O2. The van der Waals surface area contributed by atoms with E-state index < -0.39 is 5.91 Å². The molecule has 4 rings (SSSR count). The molecule has 0 fully saturated rings. The Labute approximate surface area is 149 Å². The van der Waals surface area contributed by atoms with Gasteiger partial charge < -0.3 is 15.4 Å². The number of halogens is 1. The van der Waals surface area contributed by atoms with Crippen molar-refractivity contribution in [3.8, 4) is 5.75 Å². The quantitative estimate of drug-likeness (QED) is 0.578. The summed E-state index contributed by atoms with van der Waals surface area (Å²) in [7, 11) is 0. The van der Waals surface area contributed by atoms with Crippen LogP contribution in [0.1, 0.15) is 15.9 Å². The summed E-state index contributed by atoms with van der Waals surface area (Å²) in [6, 6.07) is 18.3. The third-order valence-corrected chi connectivity index (χ3v) is 4.62. The number of aromatic nitrogens is 1. The van der Waals surface area contributed by atoms with Crippen LogP contribution in [-0.2, 0) is 6.54 Å². The summed E-state index contributed by atoms with van der Waals surface area (Å²) in [5, 5.41) is 12.4. The van der Waals surface area contributed by atoms with Crippen molar-refractivity contribution in [3.63, 3.8) is 0 Å². The summed E-state index contributed by atoms with van der Waals surface area (Å²) >= 11 is 6.10. The van der Waals surface area contributed by atoms with Crippen LogP contribution in [0.3, 0.4) is 0 Å². The van der Waals surface area contributed by atoms with Gasteiger partial charge in [0.2, 0.25) is 5.91 Å². The summed E-state index contributed by atoms with van der Waals surface area (Å²) in [6.07, 6.45) is 0. The minimum atomic E-state index is -0.518. The molecule has 5 heteroatoms. The van der Waals surface area contributed by atoms with Crippen LogP contribution >= 0.6 is 11.6 Å². The van der Waals surface area contributed by atoms with E-state index in [9.17, 15) is 9.90 Å². The molecule has 0 spiro atoms. The maximum Gasteiger partial charge on any atom is 0.249 e. The monoisotopic (exact) mass is 350 g/mol. The van der Waals surface area contributed by atoms with Crippen LogP contribution in [0.4, 0.5) is 0 Å². The highest BCUT2D eigenvalue weighted by molar-refractivity contribution is 6.30. The summed E-state index contributed by atoms with van der Waals surface area (Å²) in [4.78, 5) is 11.9. The lowest BCUT2D eigenvalue weighted by Gasteiger charge is -2.08. The summed E-state index contributed by atoms with van der Waals surface area (Å²) in [5.74, 6) is -0.392. The van der Waals surface area contributed by atoms with Crippen LogP contribution < -0.4 is 5.73 Å². The first-order valence-corrected chi connectivity index (χ1v) is 8.21. The number of nitrogens with two attached hydrogens (primary N) is 1. The van der Waals surface area contributed by atoms with Gasteiger partial charge in [-0.25, -0.2) is 0 Å². The molecule has 1 amide bonds. The summed E-state index contributed by atoms with van der Waals surface area (Å²) in [5.41, 5.74) is 8.66. The molecule has 0 saturated heterocycles. The number of carbonyl (C=O) groups is 1. The number of hydrogen-bond donors (Lipinski definition) is 2. The maximum absolute atomic E-state index is 11.9. The van der Waals surface area contributed by atoms with Crippen molar-refractivity contribution in [1.82, 2.24) is 4.57 Å². The normalized spacial score (nSPS) is 11.2. The van der Waals surface area contributed by atoms with Gasteiger partial charge in [0.15, 0.2) is 0 Å². The van der Waals surface area contributed by atoms with Gasteiger partial charge in [-0.1, -0.05) is 35.9 Å². The number of fused-ring (bicyclic) bond motifs is 3. The van der Waals surface area contributed by atoms with E-state index in [4.69, 9.17) is 17.3 Å². The largest absolute Gasteiger partial charge is 0.507 e. The van der Waals surface area contributed by atoms with Gasteiger partial charge in [0.1, 0.15) is 5.75 Å². The minimum Gasteiger partial charge on any atom is -0.507 e. The number of primary amides is 1. The third-order valence-electron chi connectivity index (χ3n) is 4.39. The fraction of sp³-hybridized carbons (Fsp3) is 0.0500. The highest BCUT2D eigenvalue weighted by Gasteiger charge is 2.18. The molecule has 4 nitrogen and oxygen atoms in total. The molecule has 3 N–H and O–H groups in total. The van der Waals surface area contributed by atoms with Crippen LogP contribution in [0.2, 0.25) is 5.02 Å². The maximum atomic E-state index is 11.9. The van der Waals surface area contributed by atoms with E-state index in [0.29, 0.717) is 27.9 Å². The number of carbonyl (C=O) groups excluding carboxylic acids is 1. The van der Waals surface area contributed by atoms with Gasteiger partial charge in [0.25, 0.3) is 0 Å². The fourth-order valence-electron chi connectivity index (χ4n) is 3.36. The van der Waals surface area contributed by atoms with Crippen molar-refractivity contribution < 1.29 is 9.90 Å². The second-order valence-electron chi connectivity index (χ2n) is 5.95. The van der Waals surface area contributed by atoms with Crippen molar-refractivity contribution in [1.29, 1.82) is 0 Å². The molecular weight excluding hydrogens is 336 g/mol. The van der Waals surface area contributed by atoms with Gasteiger partial charge in [-0.15, -0.1) is 0 Å². The van der Waals surface area contributed by atoms with Gasteiger partial charge >= 0.3 is 0 Å². The van der Waals surface area contributed by atoms with Crippen LogP contribution in [0, 0.1) is 0 Å². The Morgan fingerprint density at radius 1 is 1.00 bits per heavy atom. The van der Waals surface area contributed by atoms with Crippen molar-refractivity contribution in [3.05, 3.63) is 76.8 Å². The van der Waals surface area contributed by atoms with Crippen LogP contribution in [-0.4, -0.2) is 15.6 Å². The Balaban J connectivity index is 2.08. The zero-order valence-electron chi connectivity index (χ0n) is 13.2. The van der Waals surface area contributed by atoms with E-state index in [-0.39, 0.29) is 5.75 Å². The van der Waals surface area contributed by atoms with Crippen LogP contribution in [0.15, 0.2) is 60.7 Å². The number of nitrogens with zero attached hydrogens (tertiary/aromatic N) is 1. The molecule has 0 bridgehead atoms. The Morgan fingerprint density at radius 3 is 2.40 bits per heavy atom. The number of rotatable bonds is 3. The van der Waals surface area contributed by atoms with E-state index in [1.807, 2.05) is 36.4 Å². The number of benzene rings is 3. The first kappa shape index (κ1) is 15.5. The second kappa shape index (κ2) is 5.83. The van der Waals surface area contributed by atoms with E-state index >= 15 is 0 Å². The number of hydrogen-bond acceptors (Lipinski definition) is 2. The first-order valence-electron chi connectivity index (χ1n) is 7.83. The highest BCUT2D eigenvalue weighted by Crippen LogP contribution is 2.37. The molecule has 0 radical (unpaired) electrons. The van der Waals surface area contributed by atoms with Crippen LogP contribution in [0.25, 0.3) is 21.8 Å². The van der Waals surface area contributed by atoms with E-state index in [2.05, 4.69) is 4.57 Å². The van der Waals surface area contributed by atoms with Gasteiger partial charge in [-0.3, -0.25) is 4.79 Å². The Morgan fingerprint density at radius 2 is 1.68 bits per heavy atom. The highest BCUT2D eigenvalue weighted by atomic mass is 35.5. The smallest absolute Gasteiger partial charge is 0.249 e. The molecule has 0 aliphatic carbocycles. The molecule has 124 valence electrons. The Kier molecular flexibility index (Phi) is 3.62. The molecule has 1 aromatic heterocycles. The Hall–Kier alpha value is -2.98. The van der Waals surface area contributed by atoms with Gasteiger partial charge in [0, 0.05) is 22.5 Å². The fourth-order valence-corrected chi connectivity index (χ4v) is 3.57. The number of phenolic OH excluding ortho intramolecular Hbond substituents is 1. The molecule has 25 heavy (non-hydrogen) atoms. The van der Waals surface area contributed by atoms with Gasteiger partial charge in [0.05, 0.1) is 16.4 Å². The van der Waals surface area contributed by atoms with Crippen molar-refractivity contribution in [2.75, 3.05) is 0 Å². The lowest BCUT2D eigenvalue weighted by atomic mass is 10.1. The van der Waals surface area contributed by atoms with E-state index in [1.54, 1.807) is 24.3 Å². The Bertz CT molecular complexity index is 1130. The molecule has 3 aromatic carbocycles. The predicted octanol–water partition coefficient (Wildman–Crippen LogP) is 4.30. The SMILES string of the molecule is NC(=O)c1cccc2c1c1c(O)cccc1n2Cc1cccc(Cl)c1. The standard InChI is InChI=1S/C20H15ClN2O2/c21-13-5-1-4-12(10-13)11-23-15-7-2-6-14(20(22)25)18(15)19-16(23)8-3-9-17(19)24/h1-10,24H,11H2,(H2,22,25). The van der Waals surface area contributed by atoms with Crippen molar-refractivity contribution in [2.24, 2.45) is 5.73 Å². The lowest BCUT2D eigenvalue weighted by molar-refractivity contribution is 0.100. The molecule has 4 aromatic rings. The first-order chi connectivity index (χ1) is 12.1. The van der Waals surface area contributed by atoms with Gasteiger partial charge in [-0.05, 0) is 42.0 Å². The second-order valence-corrected chi connectivity index (χ2v) is 6.39. The number of aromatic hydroxyl groups is 1. The molecule has 0 atom stereocenters. The summed E-state index contributed by atoms with van der Waals surface area (Å²) < 4.78 is 2.06. The van der Waals surface area contributed by atoms with Gasteiger partial charge in [-0.2, -0.15) is 0 Å². The van der Waals surface area contributed by atoms with Crippen LogP contribution in [0.5, 0.6) is 5.75 Å². The van der Waals surface area contributed by atoms with E-state index in [1.165, 1.54) is 0 Å². The van der Waals surface area contributed by atoms with Crippen molar-refractivity contribution in [2.45, 2.75) is 6.54 Å². The average Bonchev–Trinajstić information content (AvgIpc) is 2.90. The lowest BCUT2D eigenvalue weighted by Crippen LogP contribution is -2.11. The zero-order valence-corrected chi connectivity index (χ0v) is 14.0. The average molecular weight is 351 g/mol. The summed E-state index contributed by atoms with van der Waals surface area (Å²) in [6.45, 7) is 0.562. The number of amides is 1. The molecule has 0 unspecified atom stereocenters. The minimum absolute atomic E-state index is 0.126. The van der Waals surface area contributed by atoms with E-state index in [0.717, 1.165) is 16.6 Å². The topological polar surface area (TPSA) is 68.2 Å². The molecule has 0 aliphatic rings. The third kappa shape index (κ3) is 2.51. The number of phenols is 1. The molecule has 1 heterocycles. The predicted molar refractivity (Wildman–Crippen MR) is 100 cm³/mol. The van der Waals surface area contributed by atoms with Crippen molar-refractivity contribution >= 4 is 39.3 Å². The zero-order chi connectivity index (χ0) is 17.6.